The van der Waals surface area contributed by atoms with Gasteiger partial charge in [-0.1, -0.05) is 22.0 Å². The van der Waals surface area contributed by atoms with Gasteiger partial charge in [0.1, 0.15) is 11.6 Å². The number of nitrogens with zero attached hydrogens (tertiary/aromatic N) is 2. The van der Waals surface area contributed by atoms with E-state index in [1.54, 1.807) is 31.3 Å². The first-order chi connectivity index (χ1) is 9.08. The summed E-state index contributed by atoms with van der Waals surface area (Å²) in [7, 11) is 1.75. The summed E-state index contributed by atoms with van der Waals surface area (Å²) in [5, 5.41) is 13.6. The number of halogens is 1. The van der Waals surface area contributed by atoms with Gasteiger partial charge in [0, 0.05) is 23.7 Å². The van der Waals surface area contributed by atoms with Crippen LogP contribution in [-0.2, 0) is 0 Å². The molecule has 0 radical (unpaired) electrons. The first kappa shape index (κ1) is 13.3. The highest BCUT2D eigenvalue weighted by molar-refractivity contribution is 9.10. The van der Waals surface area contributed by atoms with Crippen LogP contribution in [0.15, 0.2) is 40.9 Å². The number of non-ortho nitro benzene ring substituents is 1. The monoisotopic (exact) mass is 323 g/mol. The summed E-state index contributed by atoms with van der Waals surface area (Å²) in [6, 6.07) is 9.63. The Hall–Kier alpha value is -2.15. The second-order valence-corrected chi connectivity index (χ2v) is 4.53. The summed E-state index contributed by atoms with van der Waals surface area (Å²) in [6.45, 7) is 0. The van der Waals surface area contributed by atoms with Crippen LogP contribution in [0.1, 0.15) is 0 Å². The maximum absolute atomic E-state index is 10.8. The Morgan fingerprint density at radius 3 is 2.84 bits per heavy atom. The number of nitrogens with one attached hydrogen (secondary N) is 1. The van der Waals surface area contributed by atoms with E-state index in [9.17, 15) is 10.1 Å². The van der Waals surface area contributed by atoms with Crippen molar-refractivity contribution in [3.8, 4) is 11.6 Å². The normalized spacial score (nSPS) is 10.0. The van der Waals surface area contributed by atoms with Gasteiger partial charge < -0.3 is 10.1 Å². The second-order valence-electron chi connectivity index (χ2n) is 3.62. The fourth-order valence-electron chi connectivity index (χ4n) is 1.44. The number of nitro benzene ring substituents is 1. The summed E-state index contributed by atoms with van der Waals surface area (Å²) in [5.74, 6) is 1.36. The zero-order valence-corrected chi connectivity index (χ0v) is 11.5. The van der Waals surface area contributed by atoms with Crippen LogP contribution in [-0.4, -0.2) is 17.0 Å². The Balaban J connectivity index is 2.29. The molecule has 0 spiro atoms. The number of rotatable bonds is 4. The fraction of sp³-hybridized carbons (Fsp3) is 0.0833. The zero-order chi connectivity index (χ0) is 13.8. The Morgan fingerprint density at radius 2 is 2.16 bits per heavy atom. The number of hydrogen-bond donors (Lipinski definition) is 1. The molecule has 0 fully saturated rings. The Bertz CT molecular complexity index is 619. The van der Waals surface area contributed by atoms with Crippen molar-refractivity contribution in [2.24, 2.45) is 0 Å². The Kier molecular flexibility index (Phi) is 3.96. The first-order valence-electron chi connectivity index (χ1n) is 5.36. The highest BCUT2D eigenvalue weighted by atomic mass is 79.9. The SMILES string of the molecule is CNc1cccc(Oc2cc(Br)cc([N+](=O)[O-])c2)n1. The quantitative estimate of drug-likeness (QED) is 0.687. The second kappa shape index (κ2) is 5.66. The number of aromatic nitrogens is 1. The number of benzene rings is 1. The van der Waals surface area contributed by atoms with Crippen LogP contribution in [0.3, 0.4) is 0 Å². The minimum Gasteiger partial charge on any atom is -0.439 e. The van der Waals surface area contributed by atoms with E-state index in [0.717, 1.165) is 0 Å². The van der Waals surface area contributed by atoms with E-state index in [-0.39, 0.29) is 5.69 Å². The standard InChI is InChI=1S/C12H10BrN3O3/c1-14-11-3-2-4-12(15-11)19-10-6-8(13)5-9(7-10)16(17)18/h2-7H,1H3,(H,14,15). The molecule has 0 saturated carbocycles. The maximum Gasteiger partial charge on any atom is 0.274 e. The smallest absolute Gasteiger partial charge is 0.274 e. The van der Waals surface area contributed by atoms with Crippen molar-refractivity contribution >= 4 is 27.4 Å². The summed E-state index contributed by atoms with van der Waals surface area (Å²) in [5.41, 5.74) is -0.0471. The minimum atomic E-state index is -0.477. The molecule has 0 amide bonds. The number of ether oxygens (including phenoxy) is 1. The third-order valence-electron chi connectivity index (χ3n) is 2.27. The van der Waals surface area contributed by atoms with Crippen LogP contribution in [0, 0.1) is 10.1 Å². The van der Waals surface area contributed by atoms with Crippen LogP contribution in [0.4, 0.5) is 11.5 Å². The highest BCUT2D eigenvalue weighted by Gasteiger charge is 2.10. The van der Waals surface area contributed by atoms with Gasteiger partial charge in [-0.15, -0.1) is 0 Å². The van der Waals surface area contributed by atoms with E-state index in [1.807, 2.05) is 0 Å². The molecule has 2 rings (SSSR count). The number of nitro groups is 1. The number of hydrogen-bond acceptors (Lipinski definition) is 5. The molecule has 1 aromatic heterocycles. The molecule has 2 aromatic rings. The molecule has 0 aliphatic heterocycles. The summed E-state index contributed by atoms with van der Waals surface area (Å²) >= 11 is 3.21. The Morgan fingerprint density at radius 1 is 1.37 bits per heavy atom. The van der Waals surface area contributed by atoms with Crippen molar-refractivity contribution in [3.05, 3.63) is 51.0 Å². The molecular weight excluding hydrogens is 314 g/mol. The summed E-state index contributed by atoms with van der Waals surface area (Å²) < 4.78 is 6.08. The van der Waals surface area contributed by atoms with Crippen molar-refractivity contribution in [1.82, 2.24) is 4.98 Å². The molecule has 7 heteroatoms. The summed E-state index contributed by atoms with van der Waals surface area (Å²) in [4.78, 5) is 14.5. The van der Waals surface area contributed by atoms with E-state index in [0.29, 0.717) is 21.9 Å². The van der Waals surface area contributed by atoms with Gasteiger partial charge in [0.15, 0.2) is 0 Å². The van der Waals surface area contributed by atoms with Crippen LogP contribution >= 0.6 is 15.9 Å². The molecule has 0 unspecified atom stereocenters. The molecule has 0 aliphatic rings. The molecule has 98 valence electrons. The van der Waals surface area contributed by atoms with Gasteiger partial charge in [-0.05, 0) is 12.1 Å². The maximum atomic E-state index is 10.8. The average molecular weight is 324 g/mol. The summed E-state index contributed by atoms with van der Waals surface area (Å²) in [6.07, 6.45) is 0. The average Bonchev–Trinajstić information content (AvgIpc) is 2.38. The molecule has 0 bridgehead atoms. The van der Waals surface area contributed by atoms with E-state index >= 15 is 0 Å². The van der Waals surface area contributed by atoms with E-state index in [2.05, 4.69) is 26.2 Å². The third kappa shape index (κ3) is 3.41. The zero-order valence-electron chi connectivity index (χ0n) is 9.96. The van der Waals surface area contributed by atoms with E-state index in [4.69, 9.17) is 4.74 Å². The lowest BCUT2D eigenvalue weighted by Gasteiger charge is -2.06. The van der Waals surface area contributed by atoms with Gasteiger partial charge in [-0.2, -0.15) is 4.98 Å². The van der Waals surface area contributed by atoms with Crippen molar-refractivity contribution in [1.29, 1.82) is 0 Å². The van der Waals surface area contributed by atoms with E-state index < -0.39 is 4.92 Å². The molecule has 0 saturated heterocycles. The lowest BCUT2D eigenvalue weighted by atomic mass is 10.3. The van der Waals surface area contributed by atoms with Crippen LogP contribution in [0.5, 0.6) is 11.6 Å². The third-order valence-corrected chi connectivity index (χ3v) is 2.73. The Labute approximate surface area is 117 Å². The number of anilines is 1. The van der Waals surface area contributed by atoms with Gasteiger partial charge >= 0.3 is 0 Å². The van der Waals surface area contributed by atoms with Gasteiger partial charge in [-0.3, -0.25) is 10.1 Å². The van der Waals surface area contributed by atoms with E-state index in [1.165, 1.54) is 12.1 Å². The molecule has 1 heterocycles. The van der Waals surface area contributed by atoms with Crippen LogP contribution < -0.4 is 10.1 Å². The fourth-order valence-corrected chi connectivity index (χ4v) is 1.90. The lowest BCUT2D eigenvalue weighted by molar-refractivity contribution is -0.385. The van der Waals surface area contributed by atoms with Gasteiger partial charge in [-0.25, -0.2) is 0 Å². The van der Waals surface area contributed by atoms with Crippen LogP contribution in [0.25, 0.3) is 0 Å². The first-order valence-corrected chi connectivity index (χ1v) is 6.15. The predicted octanol–water partition coefficient (Wildman–Crippen LogP) is 3.59. The molecule has 1 aromatic carbocycles. The van der Waals surface area contributed by atoms with Crippen molar-refractivity contribution in [3.63, 3.8) is 0 Å². The van der Waals surface area contributed by atoms with Crippen molar-refractivity contribution in [2.75, 3.05) is 12.4 Å². The molecular formula is C12H10BrN3O3. The highest BCUT2D eigenvalue weighted by Crippen LogP contribution is 2.29. The van der Waals surface area contributed by atoms with Gasteiger partial charge in [0.05, 0.1) is 11.0 Å². The molecule has 1 N–H and O–H groups in total. The largest absolute Gasteiger partial charge is 0.439 e. The molecule has 0 aliphatic carbocycles. The molecule has 0 atom stereocenters. The van der Waals surface area contributed by atoms with Crippen molar-refractivity contribution < 1.29 is 9.66 Å². The van der Waals surface area contributed by atoms with Crippen LogP contribution in [0.2, 0.25) is 0 Å². The van der Waals surface area contributed by atoms with Gasteiger partial charge in [0.25, 0.3) is 5.69 Å². The van der Waals surface area contributed by atoms with Gasteiger partial charge in [0.2, 0.25) is 5.88 Å². The van der Waals surface area contributed by atoms with Crippen molar-refractivity contribution in [2.45, 2.75) is 0 Å². The topological polar surface area (TPSA) is 77.3 Å². The molecule has 19 heavy (non-hydrogen) atoms. The number of pyridine rings is 1. The molecule has 6 nitrogen and oxygen atoms in total. The predicted molar refractivity (Wildman–Crippen MR) is 74.7 cm³/mol. The lowest BCUT2D eigenvalue weighted by Crippen LogP contribution is -1.95. The minimum absolute atomic E-state index is 0.0471.